The molecule has 2 unspecified atom stereocenters. The Hall–Kier alpha value is -2.50. The number of aryl methyl sites for hydroxylation is 1. The molecule has 0 aliphatic carbocycles. The lowest BCUT2D eigenvalue weighted by molar-refractivity contribution is 0.196. The van der Waals surface area contributed by atoms with Crippen LogP contribution >= 0.6 is 0 Å². The minimum absolute atomic E-state index is 0.0801. The number of hydrogen-bond donors (Lipinski definition) is 1. The van der Waals surface area contributed by atoms with E-state index in [1.807, 2.05) is 17.3 Å². The normalized spacial score (nSPS) is 24.0. The predicted octanol–water partition coefficient (Wildman–Crippen LogP) is 2.61. The highest BCUT2D eigenvalue weighted by Gasteiger charge is 2.33. The molecule has 1 N–H and O–H groups in total. The van der Waals surface area contributed by atoms with Gasteiger partial charge in [-0.25, -0.2) is 9.78 Å². The summed E-state index contributed by atoms with van der Waals surface area (Å²) in [4.78, 5) is 21.9. The summed E-state index contributed by atoms with van der Waals surface area (Å²) in [6, 6.07) is 9.16. The summed E-state index contributed by atoms with van der Waals surface area (Å²) in [6.45, 7) is 4.40. The van der Waals surface area contributed by atoms with Crippen LogP contribution in [0.1, 0.15) is 36.6 Å². The van der Waals surface area contributed by atoms with E-state index in [4.69, 9.17) is 0 Å². The van der Waals surface area contributed by atoms with Crippen molar-refractivity contribution >= 4 is 11.7 Å². The van der Waals surface area contributed by atoms with Crippen LogP contribution in [0.15, 0.2) is 36.7 Å². The average molecular weight is 365 g/mol. The van der Waals surface area contributed by atoms with Crippen molar-refractivity contribution in [2.24, 2.45) is 0 Å². The van der Waals surface area contributed by atoms with Crippen LogP contribution in [0.3, 0.4) is 0 Å². The standard InChI is InChI=1S/C21H27N5O/c27-21(23-14-17-6-3-9-24-12-8-22-20(17)24)25-10-4-11-26-18(15-25)13-16-5-1-2-7-19(16)26/h1-2,5,7-8,12,17-18H,3-4,6,9-11,13-15H2,(H,23,27). The number of fused-ring (bicyclic) bond motifs is 4. The number of nitrogens with zero attached hydrogens (tertiary/aromatic N) is 4. The molecule has 2 atom stereocenters. The number of hydrogen-bond acceptors (Lipinski definition) is 3. The van der Waals surface area contributed by atoms with Crippen LogP contribution in [-0.2, 0) is 13.0 Å². The lowest BCUT2D eigenvalue weighted by Gasteiger charge is -2.28. The number of amides is 2. The van der Waals surface area contributed by atoms with Crippen LogP contribution < -0.4 is 10.2 Å². The Labute approximate surface area is 160 Å². The van der Waals surface area contributed by atoms with Gasteiger partial charge < -0.3 is 19.7 Å². The van der Waals surface area contributed by atoms with Gasteiger partial charge in [-0.2, -0.15) is 0 Å². The smallest absolute Gasteiger partial charge is 0.317 e. The van der Waals surface area contributed by atoms with Crippen molar-refractivity contribution in [1.29, 1.82) is 0 Å². The molecule has 1 saturated heterocycles. The van der Waals surface area contributed by atoms with Crippen LogP contribution in [0.5, 0.6) is 0 Å². The lowest BCUT2D eigenvalue weighted by atomic mass is 9.99. The van der Waals surface area contributed by atoms with Crippen LogP contribution in [-0.4, -0.2) is 52.7 Å². The summed E-state index contributed by atoms with van der Waals surface area (Å²) >= 11 is 0. The van der Waals surface area contributed by atoms with Gasteiger partial charge in [-0.05, 0) is 37.3 Å². The summed E-state index contributed by atoms with van der Waals surface area (Å²) in [5.41, 5.74) is 2.78. The maximum absolute atomic E-state index is 12.9. The summed E-state index contributed by atoms with van der Waals surface area (Å²) in [6.07, 6.45) is 8.24. The minimum Gasteiger partial charge on any atom is -0.366 e. The fourth-order valence-corrected chi connectivity index (χ4v) is 4.98. The van der Waals surface area contributed by atoms with Crippen LogP contribution in [0, 0.1) is 0 Å². The zero-order valence-corrected chi connectivity index (χ0v) is 15.7. The van der Waals surface area contributed by atoms with Crippen LogP contribution in [0.4, 0.5) is 10.5 Å². The van der Waals surface area contributed by atoms with E-state index in [-0.39, 0.29) is 6.03 Å². The molecule has 0 bridgehead atoms. The van der Waals surface area contributed by atoms with Crippen molar-refractivity contribution < 1.29 is 4.79 Å². The van der Waals surface area contributed by atoms with Gasteiger partial charge in [0.25, 0.3) is 0 Å². The van der Waals surface area contributed by atoms with Gasteiger partial charge in [0.1, 0.15) is 5.82 Å². The van der Waals surface area contributed by atoms with Gasteiger partial charge >= 0.3 is 6.03 Å². The fourth-order valence-electron chi connectivity index (χ4n) is 4.98. The average Bonchev–Trinajstić information content (AvgIpc) is 3.25. The molecule has 3 aliphatic rings. The van der Waals surface area contributed by atoms with E-state index in [2.05, 4.69) is 44.0 Å². The molecule has 2 amide bonds. The Morgan fingerprint density at radius 1 is 1.19 bits per heavy atom. The number of benzene rings is 1. The third kappa shape index (κ3) is 3.07. The number of carbonyl (C=O) groups excluding carboxylic acids is 1. The van der Waals surface area contributed by atoms with E-state index in [1.54, 1.807) is 0 Å². The zero-order valence-electron chi connectivity index (χ0n) is 15.7. The van der Waals surface area contributed by atoms with Crippen LogP contribution in [0.2, 0.25) is 0 Å². The number of carbonyl (C=O) groups is 1. The van der Waals surface area contributed by atoms with E-state index in [1.165, 1.54) is 11.3 Å². The predicted molar refractivity (Wildman–Crippen MR) is 105 cm³/mol. The van der Waals surface area contributed by atoms with Gasteiger partial charge in [0.2, 0.25) is 0 Å². The second-order valence-electron chi connectivity index (χ2n) is 7.98. The highest BCUT2D eigenvalue weighted by Crippen LogP contribution is 2.33. The van der Waals surface area contributed by atoms with Crippen molar-refractivity contribution in [3.05, 3.63) is 48.0 Å². The van der Waals surface area contributed by atoms with E-state index in [9.17, 15) is 4.79 Å². The summed E-state index contributed by atoms with van der Waals surface area (Å²) in [5, 5.41) is 3.20. The number of aromatic nitrogens is 2. The van der Waals surface area contributed by atoms with E-state index in [0.29, 0.717) is 18.5 Å². The third-order valence-corrected chi connectivity index (χ3v) is 6.31. The number of nitrogens with one attached hydrogen (secondary N) is 1. The Morgan fingerprint density at radius 2 is 2.11 bits per heavy atom. The van der Waals surface area contributed by atoms with Gasteiger partial charge in [0, 0.05) is 56.7 Å². The molecule has 0 saturated carbocycles. The molecule has 0 radical (unpaired) electrons. The molecule has 1 fully saturated rings. The van der Waals surface area contributed by atoms with E-state index in [0.717, 1.165) is 57.7 Å². The van der Waals surface area contributed by atoms with Crippen molar-refractivity contribution in [3.63, 3.8) is 0 Å². The highest BCUT2D eigenvalue weighted by atomic mass is 16.2. The molecule has 0 spiro atoms. The number of rotatable bonds is 2. The van der Waals surface area contributed by atoms with Gasteiger partial charge in [0.05, 0.1) is 6.04 Å². The molecule has 4 heterocycles. The number of anilines is 1. The van der Waals surface area contributed by atoms with Crippen molar-refractivity contribution in [2.75, 3.05) is 31.1 Å². The molecular weight excluding hydrogens is 338 g/mol. The first kappa shape index (κ1) is 16.7. The first-order valence-corrected chi connectivity index (χ1v) is 10.2. The number of urea groups is 1. The molecule has 1 aromatic heterocycles. The quantitative estimate of drug-likeness (QED) is 0.890. The van der Waals surface area contributed by atoms with Crippen molar-refractivity contribution in [2.45, 2.75) is 44.2 Å². The van der Waals surface area contributed by atoms with Crippen LogP contribution in [0.25, 0.3) is 0 Å². The Bertz CT molecular complexity index is 831. The number of imidazole rings is 1. The molecule has 27 heavy (non-hydrogen) atoms. The van der Waals surface area contributed by atoms with Gasteiger partial charge in [0.15, 0.2) is 0 Å². The Kier molecular flexibility index (Phi) is 4.26. The Morgan fingerprint density at radius 3 is 3.07 bits per heavy atom. The molecule has 5 rings (SSSR count). The first-order valence-electron chi connectivity index (χ1n) is 10.2. The molecule has 3 aliphatic heterocycles. The molecular formula is C21H27N5O. The second-order valence-corrected chi connectivity index (χ2v) is 7.98. The summed E-state index contributed by atoms with van der Waals surface area (Å²) in [7, 11) is 0. The number of para-hydroxylation sites is 1. The molecule has 2 aromatic rings. The Balaban J connectivity index is 1.22. The van der Waals surface area contributed by atoms with E-state index < -0.39 is 0 Å². The second kappa shape index (κ2) is 6.91. The monoisotopic (exact) mass is 365 g/mol. The minimum atomic E-state index is 0.0801. The van der Waals surface area contributed by atoms with Crippen molar-refractivity contribution in [3.8, 4) is 0 Å². The largest absolute Gasteiger partial charge is 0.366 e. The topological polar surface area (TPSA) is 53.4 Å². The molecule has 6 nitrogen and oxygen atoms in total. The van der Waals surface area contributed by atoms with E-state index >= 15 is 0 Å². The highest BCUT2D eigenvalue weighted by molar-refractivity contribution is 5.74. The van der Waals surface area contributed by atoms with Gasteiger partial charge in [-0.1, -0.05) is 18.2 Å². The maximum Gasteiger partial charge on any atom is 0.317 e. The molecule has 6 heteroatoms. The molecule has 1 aromatic carbocycles. The third-order valence-electron chi connectivity index (χ3n) is 6.31. The fraction of sp³-hybridized carbons (Fsp3) is 0.524. The summed E-state index contributed by atoms with van der Waals surface area (Å²) in [5.74, 6) is 1.45. The lowest BCUT2D eigenvalue weighted by Crippen LogP contribution is -2.46. The maximum atomic E-state index is 12.9. The van der Waals surface area contributed by atoms with Crippen molar-refractivity contribution in [1.82, 2.24) is 19.8 Å². The van der Waals surface area contributed by atoms with Gasteiger partial charge in [-0.15, -0.1) is 0 Å². The summed E-state index contributed by atoms with van der Waals surface area (Å²) < 4.78 is 2.22. The first-order chi connectivity index (χ1) is 13.3. The SMILES string of the molecule is O=C(NCC1CCCn2ccnc21)N1CCCN2c3ccccc3CC2C1. The van der Waals surface area contributed by atoms with Gasteiger partial charge in [-0.3, -0.25) is 0 Å². The zero-order chi connectivity index (χ0) is 18.2. The molecule has 142 valence electrons.